The van der Waals surface area contributed by atoms with Crippen LogP contribution >= 0.6 is 11.8 Å². The van der Waals surface area contributed by atoms with E-state index in [0.29, 0.717) is 23.1 Å². The predicted molar refractivity (Wildman–Crippen MR) is 83.5 cm³/mol. The van der Waals surface area contributed by atoms with E-state index in [2.05, 4.69) is 15.3 Å². The zero-order chi connectivity index (χ0) is 15.1. The van der Waals surface area contributed by atoms with Crippen LogP contribution in [0.3, 0.4) is 0 Å². The maximum atomic E-state index is 11.0. The van der Waals surface area contributed by atoms with Gasteiger partial charge >= 0.3 is 0 Å². The Hall–Kier alpha value is -2.15. The molecule has 110 valence electrons. The molecule has 0 saturated carbocycles. The van der Waals surface area contributed by atoms with Crippen LogP contribution in [0.1, 0.15) is 18.9 Å². The fourth-order valence-electron chi connectivity index (χ4n) is 1.74. The highest BCUT2D eigenvalue weighted by Crippen LogP contribution is 2.28. The van der Waals surface area contributed by atoms with Crippen molar-refractivity contribution in [2.75, 3.05) is 11.9 Å². The molecule has 0 atom stereocenters. The van der Waals surface area contributed by atoms with E-state index < -0.39 is 0 Å². The van der Waals surface area contributed by atoms with Gasteiger partial charge in [-0.1, -0.05) is 24.8 Å². The topological polar surface area (TPSA) is 81.0 Å². The van der Waals surface area contributed by atoms with E-state index in [4.69, 9.17) is 0 Å². The van der Waals surface area contributed by atoms with Crippen LogP contribution in [0.2, 0.25) is 0 Å². The van der Waals surface area contributed by atoms with Crippen LogP contribution in [0, 0.1) is 10.1 Å². The summed E-state index contributed by atoms with van der Waals surface area (Å²) >= 11 is 1.50. The molecule has 1 N–H and O–H groups in total. The number of benzene rings is 1. The normalized spacial score (nSPS) is 10.3. The van der Waals surface area contributed by atoms with E-state index in [-0.39, 0.29) is 10.6 Å². The number of aromatic nitrogens is 2. The summed E-state index contributed by atoms with van der Waals surface area (Å²) in [4.78, 5) is 18.9. The van der Waals surface area contributed by atoms with Crippen molar-refractivity contribution >= 4 is 23.1 Å². The van der Waals surface area contributed by atoms with Gasteiger partial charge in [0.25, 0.3) is 5.69 Å². The average Bonchev–Trinajstić information content (AvgIpc) is 2.51. The zero-order valence-corrected chi connectivity index (χ0v) is 12.5. The van der Waals surface area contributed by atoms with Crippen molar-refractivity contribution in [2.24, 2.45) is 0 Å². The van der Waals surface area contributed by atoms with E-state index in [1.54, 1.807) is 30.6 Å². The molecule has 1 aromatic carbocycles. The molecule has 1 aromatic heterocycles. The largest absolute Gasteiger partial charge is 0.379 e. The van der Waals surface area contributed by atoms with Crippen molar-refractivity contribution in [2.45, 2.75) is 24.3 Å². The number of nitrogens with one attached hydrogen (secondary N) is 1. The zero-order valence-electron chi connectivity index (χ0n) is 11.7. The lowest BCUT2D eigenvalue weighted by Crippen LogP contribution is -2.03. The Morgan fingerprint density at radius 2 is 2.10 bits per heavy atom. The molecule has 0 saturated heterocycles. The lowest BCUT2D eigenvalue weighted by molar-refractivity contribution is -0.384. The van der Waals surface area contributed by atoms with Gasteiger partial charge in [0.2, 0.25) is 0 Å². The van der Waals surface area contributed by atoms with Gasteiger partial charge in [-0.15, -0.1) is 0 Å². The van der Waals surface area contributed by atoms with Crippen LogP contribution in [0.15, 0.2) is 41.8 Å². The smallest absolute Gasteiger partial charge is 0.292 e. The van der Waals surface area contributed by atoms with Crippen molar-refractivity contribution in [3.05, 3.63) is 52.3 Å². The standard InChI is InChI=1S/C14H16N4O2S/c1-2-6-15-12-9-11(4-5-13(12)18(19)20)10-21-14-16-7-3-8-17-14/h3-5,7-9,15H,2,6,10H2,1H3. The molecule has 21 heavy (non-hydrogen) atoms. The second-order valence-electron chi connectivity index (χ2n) is 4.36. The average molecular weight is 304 g/mol. The molecule has 0 aliphatic heterocycles. The molecule has 2 rings (SSSR count). The number of rotatable bonds is 7. The molecular formula is C14H16N4O2S. The van der Waals surface area contributed by atoms with Gasteiger partial charge in [-0.3, -0.25) is 10.1 Å². The minimum absolute atomic E-state index is 0.105. The summed E-state index contributed by atoms with van der Waals surface area (Å²) in [5, 5.41) is 14.8. The number of nitro benzene ring substituents is 1. The number of thioether (sulfide) groups is 1. The summed E-state index contributed by atoms with van der Waals surface area (Å²) < 4.78 is 0. The van der Waals surface area contributed by atoms with E-state index in [1.165, 1.54) is 11.8 Å². The fraction of sp³-hybridized carbons (Fsp3) is 0.286. The number of hydrogen-bond donors (Lipinski definition) is 1. The van der Waals surface area contributed by atoms with Crippen LogP contribution in [0.25, 0.3) is 0 Å². The van der Waals surface area contributed by atoms with Gasteiger partial charge in [0.15, 0.2) is 5.16 Å². The molecule has 0 bridgehead atoms. The molecule has 6 nitrogen and oxygen atoms in total. The maximum Gasteiger partial charge on any atom is 0.292 e. The van der Waals surface area contributed by atoms with Gasteiger partial charge in [-0.05, 0) is 24.1 Å². The molecule has 0 radical (unpaired) electrons. The third-order valence-corrected chi connectivity index (χ3v) is 3.68. The van der Waals surface area contributed by atoms with Gasteiger partial charge in [0, 0.05) is 30.8 Å². The van der Waals surface area contributed by atoms with E-state index in [9.17, 15) is 10.1 Å². The van der Waals surface area contributed by atoms with Crippen LogP contribution in [0.5, 0.6) is 0 Å². The highest BCUT2D eigenvalue weighted by molar-refractivity contribution is 7.98. The van der Waals surface area contributed by atoms with Crippen LogP contribution in [-0.2, 0) is 5.75 Å². The number of anilines is 1. The summed E-state index contributed by atoms with van der Waals surface area (Å²) in [6.45, 7) is 2.73. The number of nitro groups is 1. The van der Waals surface area contributed by atoms with Crippen molar-refractivity contribution in [1.29, 1.82) is 0 Å². The Morgan fingerprint density at radius 1 is 1.33 bits per heavy atom. The van der Waals surface area contributed by atoms with Gasteiger partial charge in [-0.2, -0.15) is 0 Å². The van der Waals surface area contributed by atoms with E-state index >= 15 is 0 Å². The lowest BCUT2D eigenvalue weighted by atomic mass is 10.2. The number of hydrogen-bond acceptors (Lipinski definition) is 6. The highest BCUT2D eigenvalue weighted by Gasteiger charge is 2.13. The molecule has 0 aliphatic rings. The second kappa shape index (κ2) is 7.58. The molecule has 0 fully saturated rings. The summed E-state index contributed by atoms with van der Waals surface area (Å²) in [6, 6.07) is 6.90. The van der Waals surface area contributed by atoms with E-state index in [0.717, 1.165) is 12.0 Å². The molecule has 2 aromatic rings. The molecular weight excluding hydrogens is 288 g/mol. The summed E-state index contributed by atoms with van der Waals surface area (Å²) in [7, 11) is 0. The molecule has 0 amide bonds. The maximum absolute atomic E-state index is 11.0. The van der Waals surface area contributed by atoms with Gasteiger partial charge in [-0.25, -0.2) is 9.97 Å². The Morgan fingerprint density at radius 3 is 2.76 bits per heavy atom. The molecule has 1 heterocycles. The first-order valence-electron chi connectivity index (χ1n) is 6.61. The van der Waals surface area contributed by atoms with Crippen LogP contribution in [0.4, 0.5) is 11.4 Å². The van der Waals surface area contributed by atoms with Gasteiger partial charge in [0.05, 0.1) is 4.92 Å². The third-order valence-electron chi connectivity index (χ3n) is 2.73. The van der Waals surface area contributed by atoms with Crippen LogP contribution < -0.4 is 5.32 Å². The summed E-state index contributed by atoms with van der Waals surface area (Å²) in [6.07, 6.45) is 4.30. The molecule has 0 unspecified atom stereocenters. The number of nitrogens with zero attached hydrogens (tertiary/aromatic N) is 3. The first-order valence-corrected chi connectivity index (χ1v) is 7.60. The van der Waals surface area contributed by atoms with E-state index in [1.807, 2.05) is 13.0 Å². The van der Waals surface area contributed by atoms with Crippen molar-refractivity contribution in [1.82, 2.24) is 9.97 Å². The Balaban J connectivity index is 2.11. The fourth-order valence-corrected chi connectivity index (χ4v) is 2.49. The summed E-state index contributed by atoms with van der Waals surface area (Å²) in [5.41, 5.74) is 1.67. The summed E-state index contributed by atoms with van der Waals surface area (Å²) in [5.74, 6) is 0.669. The predicted octanol–water partition coefficient (Wildman–Crippen LogP) is 3.50. The lowest BCUT2D eigenvalue weighted by Gasteiger charge is -2.08. The molecule has 0 aliphatic carbocycles. The van der Waals surface area contributed by atoms with Gasteiger partial charge < -0.3 is 5.32 Å². The molecule has 7 heteroatoms. The SMILES string of the molecule is CCCNc1cc(CSc2ncccn2)ccc1[N+](=O)[O-]. The Labute approximate surface area is 127 Å². The molecule has 0 spiro atoms. The minimum Gasteiger partial charge on any atom is -0.379 e. The Bertz CT molecular complexity index is 607. The van der Waals surface area contributed by atoms with Gasteiger partial charge in [0.1, 0.15) is 5.69 Å². The minimum atomic E-state index is -0.366. The van der Waals surface area contributed by atoms with Crippen LogP contribution in [-0.4, -0.2) is 21.4 Å². The van der Waals surface area contributed by atoms with Crippen molar-refractivity contribution in [3.8, 4) is 0 Å². The third kappa shape index (κ3) is 4.42. The quantitative estimate of drug-likeness (QED) is 0.365. The Kier molecular flexibility index (Phi) is 5.51. The first-order chi connectivity index (χ1) is 10.2. The second-order valence-corrected chi connectivity index (χ2v) is 5.30. The monoisotopic (exact) mass is 304 g/mol. The highest BCUT2D eigenvalue weighted by atomic mass is 32.2. The van der Waals surface area contributed by atoms with Crippen molar-refractivity contribution in [3.63, 3.8) is 0 Å². The van der Waals surface area contributed by atoms with Crippen molar-refractivity contribution < 1.29 is 4.92 Å². The first kappa shape index (κ1) is 15.2.